The summed E-state index contributed by atoms with van der Waals surface area (Å²) in [5.74, 6) is 0.355. The number of nitrogens with one attached hydrogen (secondary N) is 1. The molecule has 7 heteroatoms. The van der Waals surface area contributed by atoms with Gasteiger partial charge in [-0.2, -0.15) is 0 Å². The van der Waals surface area contributed by atoms with E-state index in [9.17, 15) is 13.2 Å². The van der Waals surface area contributed by atoms with Crippen molar-refractivity contribution in [3.05, 3.63) is 65.2 Å². The Morgan fingerprint density at radius 2 is 1.81 bits per heavy atom. The Morgan fingerprint density at radius 3 is 2.42 bits per heavy atom. The highest BCUT2D eigenvalue weighted by molar-refractivity contribution is 7.88. The molecule has 0 spiro atoms. The average Bonchev–Trinajstić information content (AvgIpc) is 2.58. The molecule has 2 rings (SSSR count). The summed E-state index contributed by atoms with van der Waals surface area (Å²) in [6.07, 6.45) is 1.17. The van der Waals surface area contributed by atoms with Crippen LogP contribution in [0.2, 0.25) is 0 Å². The van der Waals surface area contributed by atoms with Crippen molar-refractivity contribution in [3.63, 3.8) is 0 Å². The first-order valence-corrected chi connectivity index (χ1v) is 10.0. The van der Waals surface area contributed by atoms with Crippen LogP contribution in [0.3, 0.4) is 0 Å². The number of aryl methyl sites for hydroxylation is 1. The smallest absolute Gasteiger partial charge is 0.258 e. The lowest BCUT2D eigenvalue weighted by molar-refractivity contribution is -0.123. The van der Waals surface area contributed by atoms with E-state index in [1.165, 1.54) is 17.6 Å². The van der Waals surface area contributed by atoms with E-state index in [1.54, 1.807) is 24.3 Å². The third-order valence-corrected chi connectivity index (χ3v) is 5.10. The first kappa shape index (κ1) is 19.9. The van der Waals surface area contributed by atoms with Crippen molar-refractivity contribution in [2.24, 2.45) is 0 Å². The van der Waals surface area contributed by atoms with Crippen molar-refractivity contribution in [1.82, 2.24) is 9.62 Å². The van der Waals surface area contributed by atoms with Crippen molar-refractivity contribution in [2.75, 3.05) is 19.9 Å². The zero-order valence-corrected chi connectivity index (χ0v) is 16.0. The van der Waals surface area contributed by atoms with Gasteiger partial charge in [-0.25, -0.2) is 12.7 Å². The van der Waals surface area contributed by atoms with E-state index >= 15 is 0 Å². The quantitative estimate of drug-likeness (QED) is 0.765. The van der Waals surface area contributed by atoms with Crippen molar-refractivity contribution in [3.8, 4) is 5.75 Å². The number of rotatable bonds is 8. The van der Waals surface area contributed by atoms with Crippen molar-refractivity contribution < 1.29 is 17.9 Å². The molecule has 26 heavy (non-hydrogen) atoms. The monoisotopic (exact) mass is 376 g/mol. The van der Waals surface area contributed by atoms with Crippen LogP contribution in [0.15, 0.2) is 48.5 Å². The maximum Gasteiger partial charge on any atom is 0.258 e. The molecule has 0 bridgehead atoms. The van der Waals surface area contributed by atoms with Crippen molar-refractivity contribution in [2.45, 2.75) is 20.0 Å². The third-order valence-electron chi connectivity index (χ3n) is 3.84. The van der Waals surface area contributed by atoms with Crippen LogP contribution in [0.4, 0.5) is 0 Å². The first-order valence-electron chi connectivity index (χ1n) is 8.19. The fourth-order valence-electron chi connectivity index (χ4n) is 2.29. The van der Waals surface area contributed by atoms with E-state index in [1.807, 2.05) is 31.2 Å². The number of benzene rings is 2. The summed E-state index contributed by atoms with van der Waals surface area (Å²) in [7, 11) is -1.69. The highest BCUT2D eigenvalue weighted by Crippen LogP contribution is 2.14. The summed E-state index contributed by atoms with van der Waals surface area (Å²) < 4.78 is 29.6. The molecule has 0 aromatic heterocycles. The lowest BCUT2D eigenvalue weighted by atomic mass is 10.1. The molecule has 0 aliphatic carbocycles. The predicted octanol–water partition coefficient (Wildman–Crippen LogP) is 2.08. The van der Waals surface area contributed by atoms with Crippen LogP contribution in [-0.2, 0) is 27.9 Å². The zero-order valence-electron chi connectivity index (χ0n) is 15.2. The number of nitrogens with zero attached hydrogens (tertiary/aromatic N) is 1. The Bertz CT molecular complexity index is 848. The Hall–Kier alpha value is -2.38. The molecule has 1 amide bonds. The Kier molecular flexibility index (Phi) is 6.76. The van der Waals surface area contributed by atoms with Gasteiger partial charge in [0.05, 0.1) is 6.26 Å². The van der Waals surface area contributed by atoms with E-state index < -0.39 is 10.0 Å². The summed E-state index contributed by atoms with van der Waals surface area (Å²) in [6, 6.07) is 14.9. The van der Waals surface area contributed by atoms with Gasteiger partial charge in [0.2, 0.25) is 10.0 Å². The van der Waals surface area contributed by atoms with Gasteiger partial charge in [-0.05, 0) is 30.2 Å². The minimum Gasteiger partial charge on any atom is -0.484 e. The molecule has 0 saturated carbocycles. The maximum atomic E-state index is 11.9. The van der Waals surface area contributed by atoms with Gasteiger partial charge in [-0.15, -0.1) is 0 Å². The molecule has 0 heterocycles. The summed E-state index contributed by atoms with van der Waals surface area (Å²) in [5.41, 5.74) is 3.03. The van der Waals surface area contributed by atoms with Crippen molar-refractivity contribution in [1.29, 1.82) is 0 Å². The first-order chi connectivity index (χ1) is 12.2. The van der Waals surface area contributed by atoms with E-state index in [0.717, 1.165) is 16.7 Å². The fraction of sp³-hybridized carbons (Fsp3) is 0.316. The lowest BCUT2D eigenvalue weighted by Gasteiger charge is -2.14. The van der Waals surface area contributed by atoms with Crippen LogP contribution < -0.4 is 10.1 Å². The molecule has 6 nitrogen and oxygen atoms in total. The molecule has 0 radical (unpaired) electrons. The van der Waals surface area contributed by atoms with E-state index in [0.29, 0.717) is 12.3 Å². The number of ether oxygens (including phenoxy) is 1. The lowest BCUT2D eigenvalue weighted by Crippen LogP contribution is -2.28. The van der Waals surface area contributed by atoms with Gasteiger partial charge >= 0.3 is 0 Å². The summed E-state index contributed by atoms with van der Waals surface area (Å²) in [6.45, 7) is 2.68. The number of sulfonamides is 1. The minimum atomic E-state index is -3.22. The predicted molar refractivity (Wildman–Crippen MR) is 101 cm³/mol. The van der Waals surface area contributed by atoms with Gasteiger partial charge in [0.25, 0.3) is 5.91 Å². The molecule has 1 N–H and O–H groups in total. The SMILES string of the molecule is Cc1cccc(CNC(=O)COc2ccc(CN(C)S(C)(=O)=O)cc2)c1. The van der Waals surface area contributed by atoms with Crippen LogP contribution in [0, 0.1) is 6.92 Å². The van der Waals surface area contributed by atoms with Gasteiger partial charge in [-0.3, -0.25) is 4.79 Å². The molecule has 140 valence electrons. The summed E-state index contributed by atoms with van der Waals surface area (Å²) >= 11 is 0. The molecule has 0 saturated heterocycles. The summed E-state index contributed by atoms with van der Waals surface area (Å²) in [4.78, 5) is 11.9. The number of amides is 1. The molecular weight excluding hydrogens is 352 g/mol. The molecular formula is C19H24N2O4S. The van der Waals surface area contributed by atoms with E-state index in [-0.39, 0.29) is 19.1 Å². The second-order valence-electron chi connectivity index (χ2n) is 6.22. The van der Waals surface area contributed by atoms with E-state index in [4.69, 9.17) is 4.74 Å². The Labute approximate surface area is 154 Å². The van der Waals surface area contributed by atoms with Crippen LogP contribution in [0.5, 0.6) is 5.75 Å². The van der Waals surface area contributed by atoms with Crippen LogP contribution in [-0.4, -0.2) is 38.5 Å². The van der Waals surface area contributed by atoms with Gasteiger partial charge in [0.15, 0.2) is 6.61 Å². The Morgan fingerprint density at radius 1 is 1.12 bits per heavy atom. The second kappa shape index (κ2) is 8.82. The summed E-state index contributed by atoms with van der Waals surface area (Å²) in [5, 5.41) is 2.81. The number of carbonyl (C=O) groups is 1. The van der Waals surface area contributed by atoms with Crippen LogP contribution >= 0.6 is 0 Å². The van der Waals surface area contributed by atoms with Crippen LogP contribution in [0.25, 0.3) is 0 Å². The molecule has 0 aliphatic heterocycles. The molecule has 2 aromatic carbocycles. The largest absolute Gasteiger partial charge is 0.484 e. The molecule has 0 atom stereocenters. The minimum absolute atomic E-state index is 0.0750. The van der Waals surface area contributed by atoms with Gasteiger partial charge < -0.3 is 10.1 Å². The van der Waals surface area contributed by atoms with Gasteiger partial charge in [0.1, 0.15) is 5.75 Å². The zero-order chi connectivity index (χ0) is 19.2. The van der Waals surface area contributed by atoms with Gasteiger partial charge in [-0.1, -0.05) is 42.0 Å². The highest BCUT2D eigenvalue weighted by atomic mass is 32.2. The standard InChI is InChI=1S/C19H24N2O4S/c1-15-5-4-6-17(11-15)12-20-19(22)14-25-18-9-7-16(8-10-18)13-21(2)26(3,23)24/h4-11H,12-14H2,1-3H3,(H,20,22). The molecule has 2 aromatic rings. The third kappa shape index (κ3) is 6.50. The Balaban J connectivity index is 1.79. The average molecular weight is 376 g/mol. The number of hydrogen-bond donors (Lipinski definition) is 1. The topological polar surface area (TPSA) is 75.7 Å². The molecule has 0 aliphatic rings. The van der Waals surface area contributed by atoms with Crippen molar-refractivity contribution >= 4 is 15.9 Å². The van der Waals surface area contributed by atoms with Gasteiger partial charge in [0, 0.05) is 20.1 Å². The van der Waals surface area contributed by atoms with Crippen LogP contribution in [0.1, 0.15) is 16.7 Å². The number of carbonyl (C=O) groups excluding carboxylic acids is 1. The molecule has 0 unspecified atom stereocenters. The second-order valence-corrected chi connectivity index (χ2v) is 8.31. The molecule has 0 fully saturated rings. The normalized spacial score (nSPS) is 11.4. The number of hydrogen-bond acceptors (Lipinski definition) is 4. The van der Waals surface area contributed by atoms with E-state index in [2.05, 4.69) is 5.32 Å². The highest BCUT2D eigenvalue weighted by Gasteiger charge is 2.11. The maximum absolute atomic E-state index is 11.9. The fourth-order valence-corrected chi connectivity index (χ4v) is 2.67.